The highest BCUT2D eigenvalue weighted by Gasteiger charge is 2.29. The number of hydrogen-bond acceptors (Lipinski definition) is 1. The predicted molar refractivity (Wildman–Crippen MR) is 64.1 cm³/mol. The lowest BCUT2D eigenvalue weighted by Gasteiger charge is -2.35. The Balaban J connectivity index is 2.41. The molecule has 0 aromatic rings. The molecule has 0 bridgehead atoms. The Morgan fingerprint density at radius 1 is 1.33 bits per heavy atom. The molecular weight excluding hydrogens is 210 g/mol. The van der Waals surface area contributed by atoms with Gasteiger partial charge in [-0.05, 0) is 25.2 Å². The highest BCUT2D eigenvalue weighted by Crippen LogP contribution is 2.25. The minimum atomic E-state index is -0.237. The lowest BCUT2D eigenvalue weighted by molar-refractivity contribution is -0.140. The van der Waals surface area contributed by atoms with Crippen molar-refractivity contribution in [3.05, 3.63) is 0 Å². The third-order valence-corrected chi connectivity index (χ3v) is 3.28. The van der Waals surface area contributed by atoms with Crippen LogP contribution < -0.4 is 0 Å². The maximum atomic E-state index is 12.0. The van der Waals surface area contributed by atoms with E-state index in [-0.39, 0.29) is 11.3 Å². The van der Waals surface area contributed by atoms with E-state index in [9.17, 15) is 4.79 Å². The van der Waals surface area contributed by atoms with Gasteiger partial charge in [0.2, 0.25) is 5.91 Å². The second-order valence-electron chi connectivity index (χ2n) is 5.46. The molecule has 0 saturated carbocycles. The first-order valence-electron chi connectivity index (χ1n) is 5.80. The summed E-state index contributed by atoms with van der Waals surface area (Å²) >= 11 is 5.73. The van der Waals surface area contributed by atoms with E-state index in [0.717, 1.165) is 44.1 Å². The molecule has 0 spiro atoms. The predicted octanol–water partition coefficient (Wildman–Crippen LogP) is 2.90. The van der Waals surface area contributed by atoms with Gasteiger partial charge in [0.25, 0.3) is 0 Å². The Morgan fingerprint density at radius 3 is 2.27 bits per heavy atom. The van der Waals surface area contributed by atoms with E-state index in [1.807, 2.05) is 25.7 Å². The van der Waals surface area contributed by atoms with Crippen molar-refractivity contribution >= 4 is 17.5 Å². The number of alkyl halides is 1. The fourth-order valence-electron chi connectivity index (χ4n) is 2.05. The Bertz CT molecular complexity index is 214. The number of amides is 1. The average molecular weight is 232 g/mol. The van der Waals surface area contributed by atoms with Crippen LogP contribution in [0.1, 0.15) is 40.0 Å². The van der Waals surface area contributed by atoms with Crippen LogP contribution in [0.2, 0.25) is 0 Å². The normalized spacial score (nSPS) is 19.3. The van der Waals surface area contributed by atoms with Crippen molar-refractivity contribution < 1.29 is 4.79 Å². The molecule has 88 valence electrons. The molecule has 1 aliphatic heterocycles. The summed E-state index contributed by atoms with van der Waals surface area (Å²) in [4.78, 5) is 14.0. The van der Waals surface area contributed by atoms with Crippen LogP contribution in [-0.2, 0) is 4.79 Å². The molecular formula is C12H22ClNO. The van der Waals surface area contributed by atoms with Gasteiger partial charge in [0, 0.05) is 24.4 Å². The highest BCUT2D eigenvalue weighted by molar-refractivity contribution is 6.17. The molecule has 1 amide bonds. The van der Waals surface area contributed by atoms with E-state index in [2.05, 4.69) is 0 Å². The summed E-state index contributed by atoms with van der Waals surface area (Å²) in [5.74, 6) is 1.76. The van der Waals surface area contributed by atoms with Gasteiger partial charge >= 0.3 is 0 Å². The zero-order valence-corrected chi connectivity index (χ0v) is 10.8. The summed E-state index contributed by atoms with van der Waals surface area (Å²) in [7, 11) is 0. The monoisotopic (exact) mass is 231 g/mol. The SMILES string of the molecule is CC(C)(C)C(=O)N1CCC(CCCl)CC1. The van der Waals surface area contributed by atoms with Crippen molar-refractivity contribution in [2.75, 3.05) is 19.0 Å². The summed E-state index contributed by atoms with van der Waals surface area (Å²) in [6, 6.07) is 0. The lowest BCUT2D eigenvalue weighted by atomic mass is 9.90. The van der Waals surface area contributed by atoms with Gasteiger partial charge in [-0.25, -0.2) is 0 Å². The summed E-state index contributed by atoms with van der Waals surface area (Å²) in [5.41, 5.74) is -0.237. The first-order chi connectivity index (χ1) is 6.95. The molecule has 1 rings (SSSR count). The minimum absolute atomic E-state index is 0.237. The number of nitrogens with zero attached hydrogens (tertiary/aromatic N) is 1. The van der Waals surface area contributed by atoms with Crippen LogP contribution in [0.25, 0.3) is 0 Å². The largest absolute Gasteiger partial charge is 0.342 e. The zero-order chi connectivity index (χ0) is 11.5. The summed E-state index contributed by atoms with van der Waals surface area (Å²) in [5, 5.41) is 0. The fraction of sp³-hybridized carbons (Fsp3) is 0.917. The van der Waals surface area contributed by atoms with Gasteiger partial charge in [-0.1, -0.05) is 20.8 Å². The summed E-state index contributed by atoms with van der Waals surface area (Å²) in [6.07, 6.45) is 3.34. The molecule has 0 aliphatic carbocycles. The number of piperidine rings is 1. The van der Waals surface area contributed by atoms with E-state index < -0.39 is 0 Å². The first-order valence-corrected chi connectivity index (χ1v) is 6.34. The molecule has 1 saturated heterocycles. The number of halogens is 1. The third kappa shape index (κ3) is 3.67. The average Bonchev–Trinajstić information content (AvgIpc) is 2.17. The topological polar surface area (TPSA) is 20.3 Å². The van der Waals surface area contributed by atoms with Crippen LogP contribution >= 0.6 is 11.6 Å². The Labute approximate surface area is 98.0 Å². The molecule has 1 heterocycles. The number of carbonyl (C=O) groups is 1. The van der Waals surface area contributed by atoms with Crippen molar-refractivity contribution in [3.8, 4) is 0 Å². The number of likely N-dealkylation sites (tertiary alicyclic amines) is 1. The maximum Gasteiger partial charge on any atom is 0.227 e. The zero-order valence-electron chi connectivity index (χ0n) is 10.1. The summed E-state index contributed by atoms with van der Waals surface area (Å²) in [6.45, 7) is 7.79. The van der Waals surface area contributed by atoms with Crippen LogP contribution in [0.15, 0.2) is 0 Å². The van der Waals surface area contributed by atoms with Gasteiger partial charge in [0.05, 0.1) is 0 Å². The molecule has 1 aliphatic rings. The molecule has 0 unspecified atom stereocenters. The molecule has 2 nitrogen and oxygen atoms in total. The maximum absolute atomic E-state index is 12.0. The first kappa shape index (κ1) is 12.8. The van der Waals surface area contributed by atoms with E-state index in [0.29, 0.717) is 0 Å². The van der Waals surface area contributed by atoms with Crippen molar-refractivity contribution in [1.82, 2.24) is 4.90 Å². The Hall–Kier alpha value is -0.240. The number of carbonyl (C=O) groups excluding carboxylic acids is 1. The van der Waals surface area contributed by atoms with E-state index in [1.165, 1.54) is 0 Å². The smallest absolute Gasteiger partial charge is 0.227 e. The number of rotatable bonds is 2. The van der Waals surface area contributed by atoms with Crippen LogP contribution in [0.5, 0.6) is 0 Å². The van der Waals surface area contributed by atoms with Crippen LogP contribution in [0.3, 0.4) is 0 Å². The molecule has 0 atom stereocenters. The van der Waals surface area contributed by atoms with E-state index in [4.69, 9.17) is 11.6 Å². The quantitative estimate of drug-likeness (QED) is 0.670. The fourth-order valence-corrected chi connectivity index (χ4v) is 2.36. The summed E-state index contributed by atoms with van der Waals surface area (Å²) < 4.78 is 0. The van der Waals surface area contributed by atoms with E-state index >= 15 is 0 Å². The van der Waals surface area contributed by atoms with Gasteiger partial charge in [-0.3, -0.25) is 4.79 Å². The van der Waals surface area contributed by atoms with Crippen molar-refractivity contribution in [1.29, 1.82) is 0 Å². The van der Waals surface area contributed by atoms with Crippen LogP contribution in [-0.4, -0.2) is 29.8 Å². The minimum Gasteiger partial charge on any atom is -0.342 e. The van der Waals surface area contributed by atoms with Gasteiger partial charge < -0.3 is 4.90 Å². The second-order valence-corrected chi connectivity index (χ2v) is 5.84. The van der Waals surface area contributed by atoms with Gasteiger partial charge in [-0.2, -0.15) is 0 Å². The molecule has 15 heavy (non-hydrogen) atoms. The van der Waals surface area contributed by atoms with Gasteiger partial charge in [0.1, 0.15) is 0 Å². The molecule has 3 heteroatoms. The molecule has 0 radical (unpaired) electrons. The van der Waals surface area contributed by atoms with Crippen LogP contribution in [0, 0.1) is 11.3 Å². The van der Waals surface area contributed by atoms with Crippen molar-refractivity contribution in [2.24, 2.45) is 11.3 Å². The Morgan fingerprint density at radius 2 is 1.87 bits per heavy atom. The van der Waals surface area contributed by atoms with Crippen molar-refractivity contribution in [2.45, 2.75) is 40.0 Å². The van der Waals surface area contributed by atoms with Gasteiger partial charge in [0.15, 0.2) is 0 Å². The van der Waals surface area contributed by atoms with E-state index in [1.54, 1.807) is 0 Å². The lowest BCUT2D eigenvalue weighted by Crippen LogP contribution is -2.44. The molecule has 0 aromatic heterocycles. The molecule has 0 aromatic carbocycles. The standard InChI is InChI=1S/C12H22ClNO/c1-12(2,3)11(15)14-8-5-10(4-7-13)6-9-14/h10H,4-9H2,1-3H3. The molecule has 1 fully saturated rings. The third-order valence-electron chi connectivity index (χ3n) is 3.06. The van der Waals surface area contributed by atoms with Crippen LogP contribution in [0.4, 0.5) is 0 Å². The van der Waals surface area contributed by atoms with Crippen molar-refractivity contribution in [3.63, 3.8) is 0 Å². The van der Waals surface area contributed by atoms with Gasteiger partial charge in [-0.15, -0.1) is 11.6 Å². The highest BCUT2D eigenvalue weighted by atomic mass is 35.5. The second kappa shape index (κ2) is 5.20. The number of hydrogen-bond donors (Lipinski definition) is 0. The Kier molecular flexibility index (Phi) is 4.45. The molecule has 0 N–H and O–H groups in total.